The maximum absolute atomic E-state index is 14.2. The van der Waals surface area contributed by atoms with Crippen LogP contribution in [0.15, 0.2) is 24.0 Å². The van der Waals surface area contributed by atoms with Gasteiger partial charge in [0.25, 0.3) is 0 Å². The Morgan fingerprint density at radius 2 is 2.00 bits per heavy atom. The summed E-state index contributed by atoms with van der Waals surface area (Å²) in [6, 6.07) is 2.55. The molecule has 0 bridgehead atoms. The van der Waals surface area contributed by atoms with E-state index in [4.69, 9.17) is 11.5 Å². The van der Waals surface area contributed by atoms with Gasteiger partial charge in [-0.1, -0.05) is 0 Å². The highest BCUT2D eigenvalue weighted by Gasteiger charge is 2.19. The van der Waals surface area contributed by atoms with E-state index in [2.05, 4.69) is 5.32 Å². The molecule has 0 unspecified atom stereocenters. The first-order chi connectivity index (χ1) is 10.1. The molecule has 0 spiro atoms. The van der Waals surface area contributed by atoms with Crippen LogP contribution in [0, 0.1) is 11.6 Å². The predicted octanol–water partition coefficient (Wildman–Crippen LogP) is 2.08. The van der Waals surface area contributed by atoms with Crippen LogP contribution in [0.25, 0.3) is 0 Å². The molecular formula is C14H20F2N4S. The molecule has 0 saturated carbocycles. The molecule has 0 radical (unpaired) electrons. The Morgan fingerprint density at radius 3 is 2.67 bits per heavy atom. The van der Waals surface area contributed by atoms with Crippen LogP contribution in [-0.2, 0) is 0 Å². The third-order valence-corrected chi connectivity index (χ3v) is 4.26. The predicted molar refractivity (Wildman–Crippen MR) is 85.5 cm³/mol. The lowest BCUT2D eigenvalue weighted by atomic mass is 10.2. The molecule has 1 aromatic carbocycles. The molecule has 1 fully saturated rings. The molecule has 21 heavy (non-hydrogen) atoms. The van der Waals surface area contributed by atoms with Crippen LogP contribution < -0.4 is 21.7 Å². The highest BCUT2D eigenvalue weighted by molar-refractivity contribution is 7.99. The van der Waals surface area contributed by atoms with Crippen molar-refractivity contribution in [3.63, 3.8) is 0 Å². The largest absolute Gasteiger partial charge is 0.400 e. The van der Waals surface area contributed by atoms with E-state index in [0.717, 1.165) is 17.9 Å². The quantitative estimate of drug-likeness (QED) is 0.794. The second-order valence-electron chi connectivity index (χ2n) is 4.81. The lowest BCUT2D eigenvalue weighted by molar-refractivity contribution is 0.573. The van der Waals surface area contributed by atoms with E-state index >= 15 is 0 Å². The molecule has 1 aliphatic rings. The second-order valence-corrected chi connectivity index (χ2v) is 6.03. The number of anilines is 2. The summed E-state index contributed by atoms with van der Waals surface area (Å²) in [7, 11) is 0. The van der Waals surface area contributed by atoms with Crippen LogP contribution in [-0.4, -0.2) is 31.1 Å². The monoisotopic (exact) mass is 314 g/mol. The van der Waals surface area contributed by atoms with Crippen molar-refractivity contribution < 1.29 is 8.78 Å². The summed E-state index contributed by atoms with van der Waals surface area (Å²) in [5.41, 5.74) is 11.7. The van der Waals surface area contributed by atoms with Crippen molar-refractivity contribution in [2.24, 2.45) is 11.5 Å². The molecule has 0 amide bonds. The fourth-order valence-corrected chi connectivity index (χ4v) is 3.04. The van der Waals surface area contributed by atoms with Crippen molar-refractivity contribution >= 4 is 23.1 Å². The van der Waals surface area contributed by atoms with Crippen molar-refractivity contribution in [3.8, 4) is 0 Å². The van der Waals surface area contributed by atoms with Crippen molar-refractivity contribution in [1.82, 2.24) is 0 Å². The van der Waals surface area contributed by atoms with Gasteiger partial charge < -0.3 is 21.7 Å². The summed E-state index contributed by atoms with van der Waals surface area (Å²) in [5.74, 6) is 0.783. The normalized spacial score (nSPS) is 16.7. The second kappa shape index (κ2) is 7.51. The highest BCUT2D eigenvalue weighted by atomic mass is 32.2. The SMILES string of the molecule is NC/C(N)=C/Nc1cc(F)c(N2CCCSCC2)c(F)c1. The van der Waals surface area contributed by atoms with Gasteiger partial charge in [-0.05, 0) is 24.3 Å². The molecule has 1 aromatic rings. The van der Waals surface area contributed by atoms with Gasteiger partial charge in [0.2, 0.25) is 0 Å². The van der Waals surface area contributed by atoms with E-state index in [0.29, 0.717) is 24.5 Å². The van der Waals surface area contributed by atoms with Gasteiger partial charge in [0.15, 0.2) is 11.6 Å². The number of rotatable bonds is 4. The first kappa shape index (κ1) is 15.9. The van der Waals surface area contributed by atoms with Gasteiger partial charge in [0, 0.05) is 43.0 Å². The maximum Gasteiger partial charge on any atom is 0.151 e. The van der Waals surface area contributed by atoms with E-state index in [1.54, 1.807) is 4.90 Å². The maximum atomic E-state index is 14.2. The van der Waals surface area contributed by atoms with Crippen molar-refractivity contribution in [2.75, 3.05) is 41.4 Å². The van der Waals surface area contributed by atoms with Crippen LogP contribution in [0.2, 0.25) is 0 Å². The first-order valence-electron chi connectivity index (χ1n) is 6.84. The number of nitrogens with zero attached hydrogens (tertiary/aromatic N) is 1. The minimum atomic E-state index is -0.566. The molecule has 1 saturated heterocycles. The number of nitrogens with two attached hydrogens (primary N) is 2. The molecule has 116 valence electrons. The Balaban J connectivity index is 2.20. The molecule has 4 nitrogen and oxygen atoms in total. The lowest BCUT2D eigenvalue weighted by Gasteiger charge is -2.23. The number of halogens is 2. The van der Waals surface area contributed by atoms with E-state index in [9.17, 15) is 8.78 Å². The molecule has 0 aromatic heterocycles. The van der Waals surface area contributed by atoms with Crippen molar-refractivity contribution in [2.45, 2.75) is 6.42 Å². The molecular weight excluding hydrogens is 294 g/mol. The Kier molecular flexibility index (Phi) is 5.69. The zero-order chi connectivity index (χ0) is 15.2. The van der Waals surface area contributed by atoms with Crippen molar-refractivity contribution in [1.29, 1.82) is 0 Å². The van der Waals surface area contributed by atoms with Gasteiger partial charge in [0.1, 0.15) is 5.69 Å². The minimum Gasteiger partial charge on any atom is -0.400 e. The number of benzene rings is 1. The summed E-state index contributed by atoms with van der Waals surface area (Å²) in [6.07, 6.45) is 2.37. The van der Waals surface area contributed by atoms with Gasteiger partial charge in [-0.25, -0.2) is 8.78 Å². The molecule has 2 rings (SSSR count). The topological polar surface area (TPSA) is 67.3 Å². The number of hydrogen-bond donors (Lipinski definition) is 3. The van der Waals surface area contributed by atoms with Gasteiger partial charge in [-0.15, -0.1) is 0 Å². The van der Waals surface area contributed by atoms with E-state index in [-0.39, 0.29) is 12.2 Å². The lowest BCUT2D eigenvalue weighted by Crippen LogP contribution is -2.27. The van der Waals surface area contributed by atoms with E-state index < -0.39 is 11.6 Å². The average molecular weight is 314 g/mol. The van der Waals surface area contributed by atoms with E-state index in [1.807, 2.05) is 11.8 Å². The fourth-order valence-electron chi connectivity index (χ4n) is 2.16. The van der Waals surface area contributed by atoms with Crippen LogP contribution in [0.4, 0.5) is 20.2 Å². The van der Waals surface area contributed by atoms with Crippen LogP contribution in [0.5, 0.6) is 0 Å². The molecule has 0 aliphatic carbocycles. The Morgan fingerprint density at radius 1 is 1.29 bits per heavy atom. The van der Waals surface area contributed by atoms with Gasteiger partial charge in [-0.2, -0.15) is 11.8 Å². The Hall–Kier alpha value is -1.47. The minimum absolute atomic E-state index is 0.0545. The smallest absolute Gasteiger partial charge is 0.151 e. The van der Waals surface area contributed by atoms with Crippen LogP contribution >= 0.6 is 11.8 Å². The zero-order valence-electron chi connectivity index (χ0n) is 11.7. The van der Waals surface area contributed by atoms with Crippen LogP contribution in [0.3, 0.4) is 0 Å². The number of thioether (sulfide) groups is 1. The standard InChI is InChI=1S/C14H20F2N4S/c15-12-6-11(19-9-10(18)8-17)7-13(16)14(12)20-2-1-4-21-5-3-20/h6-7,9,19H,1-5,8,17-18H2/b10-9-. The van der Waals surface area contributed by atoms with Gasteiger partial charge in [-0.3, -0.25) is 0 Å². The average Bonchev–Trinajstić information content (AvgIpc) is 2.73. The first-order valence-corrected chi connectivity index (χ1v) is 8.00. The third-order valence-electron chi connectivity index (χ3n) is 3.22. The third kappa shape index (κ3) is 4.25. The van der Waals surface area contributed by atoms with E-state index in [1.165, 1.54) is 18.3 Å². The number of hydrogen-bond acceptors (Lipinski definition) is 5. The van der Waals surface area contributed by atoms with Crippen LogP contribution in [0.1, 0.15) is 6.42 Å². The van der Waals surface area contributed by atoms with Gasteiger partial charge in [0.05, 0.1) is 0 Å². The molecule has 5 N–H and O–H groups in total. The summed E-state index contributed by atoms with van der Waals surface area (Å²) >= 11 is 1.81. The Labute approximate surface area is 127 Å². The Bertz CT molecular complexity index is 491. The number of nitrogens with one attached hydrogen (secondary N) is 1. The molecule has 1 aliphatic heterocycles. The summed E-state index contributed by atoms with van der Waals surface area (Å²) in [6.45, 7) is 1.51. The van der Waals surface area contributed by atoms with Gasteiger partial charge >= 0.3 is 0 Å². The molecule has 1 heterocycles. The summed E-state index contributed by atoms with van der Waals surface area (Å²) in [5, 5.41) is 2.75. The molecule has 7 heteroatoms. The highest BCUT2D eigenvalue weighted by Crippen LogP contribution is 2.28. The molecule has 0 atom stereocenters. The summed E-state index contributed by atoms with van der Waals surface area (Å²) in [4.78, 5) is 1.78. The zero-order valence-corrected chi connectivity index (χ0v) is 12.6. The fraction of sp³-hybridized carbons (Fsp3) is 0.429. The summed E-state index contributed by atoms with van der Waals surface area (Å²) < 4.78 is 28.5. The van der Waals surface area contributed by atoms with Crippen molar-refractivity contribution in [3.05, 3.63) is 35.7 Å².